The van der Waals surface area contributed by atoms with Crippen molar-refractivity contribution >= 4 is 23.5 Å². The number of aliphatic carboxylic acids is 1. The van der Waals surface area contributed by atoms with Gasteiger partial charge in [-0.15, -0.1) is 0 Å². The highest BCUT2D eigenvalue weighted by molar-refractivity contribution is 6.30. The first-order valence-electron chi connectivity index (χ1n) is 12.9. The minimum atomic E-state index is -1.04. The van der Waals surface area contributed by atoms with Gasteiger partial charge in [-0.3, -0.25) is 9.59 Å². The first-order chi connectivity index (χ1) is 18.1. The molecule has 1 aliphatic rings. The Hall–Kier alpha value is -3.51. The van der Waals surface area contributed by atoms with Crippen molar-refractivity contribution in [3.05, 3.63) is 94.0 Å². The maximum atomic E-state index is 13.1. The van der Waals surface area contributed by atoms with E-state index in [0.717, 1.165) is 40.8 Å². The van der Waals surface area contributed by atoms with Crippen LogP contribution in [0.5, 0.6) is 11.5 Å². The molecule has 4 rings (SSSR count). The summed E-state index contributed by atoms with van der Waals surface area (Å²) in [7, 11) is 0. The molecule has 6 nitrogen and oxygen atoms in total. The van der Waals surface area contributed by atoms with Crippen LogP contribution in [0.4, 0.5) is 0 Å². The number of carbonyl (C=O) groups is 2. The summed E-state index contributed by atoms with van der Waals surface area (Å²) in [5, 5.41) is 10.1. The molecule has 200 valence electrons. The first-order valence-corrected chi connectivity index (χ1v) is 13.3. The third kappa shape index (κ3) is 7.51. The summed E-state index contributed by atoms with van der Waals surface area (Å²) in [5.41, 5.74) is 3.79. The molecule has 1 atom stereocenters. The maximum Gasteiger partial charge on any atom is 0.323 e. The van der Waals surface area contributed by atoms with Gasteiger partial charge in [0.05, 0.1) is 6.10 Å². The van der Waals surface area contributed by atoms with Gasteiger partial charge in [-0.25, -0.2) is 0 Å². The van der Waals surface area contributed by atoms with Crippen LogP contribution in [0, 0.1) is 0 Å². The molecule has 1 heterocycles. The molecule has 0 fully saturated rings. The molecule has 0 saturated carbocycles. The number of ether oxygens (including phenoxy) is 2. The van der Waals surface area contributed by atoms with E-state index < -0.39 is 5.97 Å². The van der Waals surface area contributed by atoms with E-state index in [4.69, 9.17) is 21.1 Å². The van der Waals surface area contributed by atoms with Crippen LogP contribution in [0.25, 0.3) is 0 Å². The van der Waals surface area contributed by atoms with E-state index in [2.05, 4.69) is 13.0 Å². The van der Waals surface area contributed by atoms with Gasteiger partial charge in [-0.2, -0.15) is 0 Å². The number of carboxylic acid groups (broad SMARTS) is 1. The average Bonchev–Trinajstić information content (AvgIpc) is 3.18. The Bertz CT molecular complexity index is 1290. The molecule has 0 radical (unpaired) electrons. The molecule has 0 saturated heterocycles. The van der Waals surface area contributed by atoms with Crippen LogP contribution in [-0.2, 0) is 35.4 Å². The van der Waals surface area contributed by atoms with E-state index in [0.29, 0.717) is 17.2 Å². The van der Waals surface area contributed by atoms with Gasteiger partial charge in [0.2, 0.25) is 5.91 Å². The Morgan fingerprint density at radius 3 is 2.50 bits per heavy atom. The Kier molecular flexibility index (Phi) is 8.62. The molecule has 0 spiro atoms. The lowest BCUT2D eigenvalue weighted by atomic mass is 9.91. The molecule has 0 aliphatic carbocycles. The first kappa shape index (κ1) is 27.5. The Balaban J connectivity index is 1.38. The maximum absolute atomic E-state index is 13.1. The van der Waals surface area contributed by atoms with Gasteiger partial charge in [0.15, 0.2) is 0 Å². The van der Waals surface area contributed by atoms with Gasteiger partial charge in [0, 0.05) is 30.8 Å². The summed E-state index contributed by atoms with van der Waals surface area (Å²) in [6, 6.07) is 21.3. The normalized spacial score (nSPS) is 16.1. The Labute approximate surface area is 229 Å². The quantitative estimate of drug-likeness (QED) is 0.320. The fourth-order valence-electron chi connectivity index (χ4n) is 4.88. The fraction of sp³-hybridized carbons (Fsp3) is 0.355. The molecule has 0 bridgehead atoms. The predicted octanol–water partition coefficient (Wildman–Crippen LogP) is 6.11. The van der Waals surface area contributed by atoms with Crippen molar-refractivity contribution in [1.29, 1.82) is 0 Å². The van der Waals surface area contributed by atoms with Crippen molar-refractivity contribution in [1.82, 2.24) is 4.90 Å². The van der Waals surface area contributed by atoms with Crippen molar-refractivity contribution in [2.75, 3.05) is 6.54 Å². The van der Waals surface area contributed by atoms with E-state index in [9.17, 15) is 14.7 Å². The van der Waals surface area contributed by atoms with Gasteiger partial charge in [-0.05, 0) is 79.8 Å². The zero-order chi connectivity index (χ0) is 27.3. The van der Waals surface area contributed by atoms with Crippen LogP contribution in [0.15, 0.2) is 66.7 Å². The zero-order valence-corrected chi connectivity index (χ0v) is 22.8. The summed E-state index contributed by atoms with van der Waals surface area (Å²) in [6.07, 6.45) is 2.30. The van der Waals surface area contributed by atoms with E-state index in [1.807, 2.05) is 74.5 Å². The monoisotopic (exact) mass is 535 g/mol. The zero-order valence-electron chi connectivity index (χ0n) is 22.1. The molecular weight excluding hydrogens is 502 g/mol. The van der Waals surface area contributed by atoms with Crippen molar-refractivity contribution in [2.24, 2.45) is 0 Å². The van der Waals surface area contributed by atoms with Crippen LogP contribution in [-0.4, -0.2) is 40.1 Å². The second kappa shape index (κ2) is 11.9. The minimum absolute atomic E-state index is 0.0232. The summed E-state index contributed by atoms with van der Waals surface area (Å²) in [4.78, 5) is 26.0. The highest BCUT2D eigenvalue weighted by atomic mass is 35.5. The largest absolute Gasteiger partial charge is 0.491 e. The summed E-state index contributed by atoms with van der Waals surface area (Å²) >= 11 is 6.02. The lowest BCUT2D eigenvalue weighted by molar-refractivity contribution is -0.144. The number of carbonyl (C=O) groups excluding carboxylic acids is 1. The lowest BCUT2D eigenvalue weighted by Crippen LogP contribution is -2.35. The van der Waals surface area contributed by atoms with Crippen LogP contribution < -0.4 is 9.47 Å². The molecular formula is C31H34ClNO5. The molecule has 3 aromatic carbocycles. The van der Waals surface area contributed by atoms with Gasteiger partial charge in [0.25, 0.3) is 0 Å². The van der Waals surface area contributed by atoms with Crippen molar-refractivity contribution in [3.63, 3.8) is 0 Å². The second-order valence-corrected chi connectivity index (χ2v) is 10.9. The van der Waals surface area contributed by atoms with E-state index in [1.165, 1.54) is 4.90 Å². The molecule has 0 unspecified atom stereocenters. The summed E-state index contributed by atoms with van der Waals surface area (Å²) < 4.78 is 12.0. The predicted molar refractivity (Wildman–Crippen MR) is 148 cm³/mol. The molecule has 1 amide bonds. The molecule has 1 aliphatic heterocycles. The number of carboxylic acids is 1. The number of benzene rings is 3. The van der Waals surface area contributed by atoms with Crippen molar-refractivity contribution in [3.8, 4) is 11.5 Å². The molecule has 38 heavy (non-hydrogen) atoms. The second-order valence-electron chi connectivity index (χ2n) is 10.4. The standard InChI is InChI=1S/C31H34ClNO5/c1-21(2)37-27-6-4-5-24(16-27)19-33(20-30(35)36)29(34)14-10-22-9-13-28-25(15-22)18-31(3,38-28)17-23-7-11-26(32)12-8-23/h4-9,11-13,15-16,21H,10,14,17-20H2,1-3H3,(H,35,36)/t31-/m0/s1. The number of hydrogen-bond acceptors (Lipinski definition) is 4. The lowest BCUT2D eigenvalue weighted by Gasteiger charge is -2.24. The number of hydrogen-bond donors (Lipinski definition) is 1. The van der Waals surface area contributed by atoms with Gasteiger partial charge < -0.3 is 19.5 Å². The average molecular weight is 536 g/mol. The van der Waals surface area contributed by atoms with Crippen LogP contribution >= 0.6 is 11.6 Å². The van der Waals surface area contributed by atoms with Crippen LogP contribution in [0.3, 0.4) is 0 Å². The third-order valence-electron chi connectivity index (χ3n) is 6.49. The van der Waals surface area contributed by atoms with E-state index >= 15 is 0 Å². The van der Waals surface area contributed by atoms with E-state index in [-0.39, 0.29) is 37.1 Å². The topological polar surface area (TPSA) is 76.1 Å². The fourth-order valence-corrected chi connectivity index (χ4v) is 5.00. The number of fused-ring (bicyclic) bond motifs is 1. The SMILES string of the molecule is CC(C)Oc1cccc(CN(CC(=O)O)C(=O)CCc2ccc3c(c2)C[C@](C)(Cc2ccc(Cl)cc2)O3)c1. The van der Waals surface area contributed by atoms with Crippen LogP contribution in [0.1, 0.15) is 49.4 Å². The summed E-state index contributed by atoms with van der Waals surface area (Å²) in [6.45, 7) is 5.85. The molecule has 7 heteroatoms. The number of rotatable bonds is 11. The molecule has 3 aromatic rings. The number of halogens is 1. The highest BCUT2D eigenvalue weighted by Crippen LogP contribution is 2.37. The number of aryl methyl sites for hydroxylation is 1. The smallest absolute Gasteiger partial charge is 0.323 e. The van der Waals surface area contributed by atoms with E-state index in [1.54, 1.807) is 0 Å². The molecule has 0 aromatic heterocycles. The van der Waals surface area contributed by atoms with Gasteiger partial charge in [0.1, 0.15) is 23.6 Å². The number of amides is 1. The molecule has 1 N–H and O–H groups in total. The van der Waals surface area contributed by atoms with Crippen LogP contribution in [0.2, 0.25) is 5.02 Å². The Morgan fingerprint density at radius 2 is 1.79 bits per heavy atom. The van der Waals surface area contributed by atoms with Gasteiger partial charge in [-0.1, -0.05) is 48.0 Å². The summed E-state index contributed by atoms with van der Waals surface area (Å²) in [5.74, 6) is 0.325. The third-order valence-corrected chi connectivity index (χ3v) is 6.74. The minimum Gasteiger partial charge on any atom is -0.491 e. The number of nitrogens with zero attached hydrogens (tertiary/aromatic N) is 1. The van der Waals surface area contributed by atoms with Crippen molar-refractivity contribution in [2.45, 2.75) is 64.7 Å². The van der Waals surface area contributed by atoms with Crippen molar-refractivity contribution < 1.29 is 24.2 Å². The van der Waals surface area contributed by atoms with Gasteiger partial charge >= 0.3 is 5.97 Å². The highest BCUT2D eigenvalue weighted by Gasteiger charge is 2.35. The Morgan fingerprint density at radius 1 is 1.05 bits per heavy atom.